The maximum Gasteiger partial charge on any atom is 0.336 e. The molecule has 0 aliphatic rings. The van der Waals surface area contributed by atoms with Crippen LogP contribution in [0.25, 0.3) is 22.4 Å². The first-order valence-electron chi connectivity index (χ1n) is 11.4. The van der Waals surface area contributed by atoms with E-state index in [0.29, 0.717) is 29.4 Å². The number of carbonyl (C=O) groups is 1. The van der Waals surface area contributed by atoms with E-state index in [4.69, 9.17) is 10.5 Å². The van der Waals surface area contributed by atoms with Gasteiger partial charge in [0.05, 0.1) is 11.3 Å². The number of rotatable bonds is 8. The Morgan fingerprint density at radius 3 is 2.42 bits per heavy atom. The Hall–Kier alpha value is -3.38. The number of aryl methyl sites for hydroxylation is 2. The minimum atomic E-state index is -0.968. The molecule has 188 valence electrons. The van der Waals surface area contributed by atoms with E-state index in [1.165, 1.54) is 0 Å². The van der Waals surface area contributed by atoms with Crippen LogP contribution in [-0.4, -0.2) is 16.1 Å². The van der Waals surface area contributed by atoms with Crippen LogP contribution >= 0.6 is 24.8 Å². The fourth-order valence-corrected chi connectivity index (χ4v) is 4.03. The zero-order chi connectivity index (χ0) is 24.1. The summed E-state index contributed by atoms with van der Waals surface area (Å²) in [6, 6.07) is 25.1. The second-order valence-corrected chi connectivity index (χ2v) is 8.34. The van der Waals surface area contributed by atoms with Gasteiger partial charge in [-0.1, -0.05) is 55.8 Å². The fourth-order valence-electron chi connectivity index (χ4n) is 4.03. The Morgan fingerprint density at radius 1 is 0.917 bits per heavy atom. The van der Waals surface area contributed by atoms with Crippen molar-refractivity contribution >= 4 is 30.8 Å². The number of hydrogen-bond acceptors (Lipinski definition) is 4. The van der Waals surface area contributed by atoms with E-state index in [-0.39, 0.29) is 30.4 Å². The van der Waals surface area contributed by atoms with Gasteiger partial charge in [-0.2, -0.15) is 0 Å². The number of aromatic nitrogens is 1. The van der Waals surface area contributed by atoms with E-state index in [1.807, 2.05) is 55.5 Å². The van der Waals surface area contributed by atoms with Crippen LogP contribution in [0.15, 0.2) is 78.9 Å². The second-order valence-electron chi connectivity index (χ2n) is 8.34. The van der Waals surface area contributed by atoms with Gasteiger partial charge < -0.3 is 15.6 Å². The predicted molar refractivity (Wildman–Crippen MR) is 150 cm³/mol. The zero-order valence-electron chi connectivity index (χ0n) is 20.2. The second kappa shape index (κ2) is 13.1. The minimum Gasteiger partial charge on any atom is -0.478 e. The monoisotopic (exact) mass is 524 g/mol. The maximum atomic E-state index is 11.9. The van der Waals surface area contributed by atoms with Crippen LogP contribution in [0.2, 0.25) is 0 Å². The molecular formula is C29H30Cl2N2O3. The van der Waals surface area contributed by atoms with Crippen molar-refractivity contribution in [1.29, 1.82) is 0 Å². The molecule has 0 amide bonds. The molecule has 4 rings (SSSR count). The number of aromatic carboxylic acids is 1. The molecule has 0 aliphatic carbocycles. The van der Waals surface area contributed by atoms with Crippen LogP contribution < -0.4 is 10.5 Å². The van der Waals surface area contributed by atoms with Crippen molar-refractivity contribution in [3.8, 4) is 34.0 Å². The highest BCUT2D eigenvalue weighted by Gasteiger charge is 2.15. The summed E-state index contributed by atoms with van der Waals surface area (Å²) in [5, 5.41) is 9.76. The van der Waals surface area contributed by atoms with E-state index in [2.05, 4.69) is 24.0 Å². The lowest BCUT2D eigenvalue weighted by Crippen LogP contribution is -2.02. The third kappa shape index (κ3) is 6.85. The van der Waals surface area contributed by atoms with Crippen molar-refractivity contribution in [3.63, 3.8) is 0 Å². The Bertz CT molecular complexity index is 1340. The van der Waals surface area contributed by atoms with Crippen LogP contribution in [0.5, 0.6) is 11.6 Å². The highest BCUT2D eigenvalue weighted by Crippen LogP contribution is 2.31. The summed E-state index contributed by atoms with van der Waals surface area (Å²) in [4.78, 5) is 16.5. The average Bonchev–Trinajstić information content (AvgIpc) is 2.84. The van der Waals surface area contributed by atoms with Gasteiger partial charge in [0.15, 0.2) is 0 Å². The summed E-state index contributed by atoms with van der Waals surface area (Å²) < 4.78 is 6.12. The van der Waals surface area contributed by atoms with Crippen LogP contribution in [0.1, 0.15) is 40.4 Å². The molecule has 0 aliphatic heterocycles. The van der Waals surface area contributed by atoms with Crippen LogP contribution in [-0.2, 0) is 13.0 Å². The fraction of sp³-hybridized carbons (Fsp3) is 0.172. The first-order chi connectivity index (χ1) is 16.5. The quantitative estimate of drug-likeness (QED) is 0.249. The molecular weight excluding hydrogens is 495 g/mol. The predicted octanol–water partition coefficient (Wildman–Crippen LogP) is 7.47. The first-order valence-corrected chi connectivity index (χ1v) is 11.4. The first kappa shape index (κ1) is 28.9. The standard InChI is InChI=1S/C29H28N2O3.2ClH/c1-3-6-20-11-12-25(26(16-20)29(32)33)27-9-5-10-28(31-27)34-24-14-19(2)13-23(17-24)22-8-4-7-21(15-22)18-30;;/h4-5,7-17H,3,6,18,30H2,1-2H3,(H,32,33);2*1H. The molecule has 0 bridgehead atoms. The number of pyridine rings is 1. The summed E-state index contributed by atoms with van der Waals surface area (Å²) in [6.07, 6.45) is 1.79. The average molecular weight is 525 g/mol. The molecule has 0 radical (unpaired) electrons. The van der Waals surface area contributed by atoms with Gasteiger partial charge in [0.2, 0.25) is 5.88 Å². The van der Waals surface area contributed by atoms with E-state index in [0.717, 1.165) is 40.7 Å². The number of nitrogens with zero attached hydrogens (tertiary/aromatic N) is 1. The molecule has 0 atom stereocenters. The van der Waals surface area contributed by atoms with Gasteiger partial charge in [0.25, 0.3) is 0 Å². The van der Waals surface area contributed by atoms with Gasteiger partial charge in [-0.15, -0.1) is 24.8 Å². The lowest BCUT2D eigenvalue weighted by molar-refractivity contribution is 0.0697. The largest absolute Gasteiger partial charge is 0.478 e. The van der Waals surface area contributed by atoms with Gasteiger partial charge >= 0.3 is 5.97 Å². The third-order valence-corrected chi connectivity index (χ3v) is 5.62. The lowest BCUT2D eigenvalue weighted by Gasteiger charge is -2.12. The molecule has 1 heterocycles. The van der Waals surface area contributed by atoms with Gasteiger partial charge in [-0.05, 0) is 71.5 Å². The molecule has 3 N–H and O–H groups in total. The molecule has 0 fully saturated rings. The number of ether oxygens (including phenoxy) is 1. The van der Waals surface area contributed by atoms with Crippen molar-refractivity contribution in [2.75, 3.05) is 0 Å². The van der Waals surface area contributed by atoms with Crippen molar-refractivity contribution in [2.24, 2.45) is 5.73 Å². The summed E-state index contributed by atoms with van der Waals surface area (Å²) in [6.45, 7) is 4.57. The molecule has 4 aromatic rings. The Morgan fingerprint density at radius 2 is 1.69 bits per heavy atom. The number of benzene rings is 3. The summed E-state index contributed by atoms with van der Waals surface area (Å²) in [5.41, 5.74) is 12.4. The van der Waals surface area contributed by atoms with E-state index >= 15 is 0 Å². The number of hydrogen-bond donors (Lipinski definition) is 2. The van der Waals surface area contributed by atoms with Crippen molar-refractivity contribution < 1.29 is 14.6 Å². The summed E-state index contributed by atoms with van der Waals surface area (Å²) >= 11 is 0. The molecule has 7 heteroatoms. The van der Waals surface area contributed by atoms with E-state index in [1.54, 1.807) is 18.2 Å². The Kier molecular flexibility index (Phi) is 10.5. The molecule has 0 saturated carbocycles. The maximum absolute atomic E-state index is 11.9. The zero-order valence-corrected chi connectivity index (χ0v) is 21.9. The molecule has 0 saturated heterocycles. The summed E-state index contributed by atoms with van der Waals surface area (Å²) in [7, 11) is 0. The van der Waals surface area contributed by atoms with Crippen molar-refractivity contribution in [2.45, 2.75) is 33.2 Å². The summed E-state index contributed by atoms with van der Waals surface area (Å²) in [5.74, 6) is 0.0948. The van der Waals surface area contributed by atoms with Gasteiger partial charge in [-0.25, -0.2) is 9.78 Å². The number of carboxylic acid groups (broad SMARTS) is 1. The smallest absolute Gasteiger partial charge is 0.336 e. The number of nitrogens with two attached hydrogens (primary N) is 1. The van der Waals surface area contributed by atoms with E-state index in [9.17, 15) is 9.90 Å². The number of halogens is 2. The van der Waals surface area contributed by atoms with Crippen LogP contribution in [0.4, 0.5) is 0 Å². The SMILES string of the molecule is CCCc1ccc(-c2cccc(Oc3cc(C)cc(-c4cccc(CN)c4)c3)n2)c(C(=O)O)c1.Cl.Cl. The molecule has 3 aromatic carbocycles. The lowest BCUT2D eigenvalue weighted by atomic mass is 9.99. The van der Waals surface area contributed by atoms with Gasteiger partial charge in [0, 0.05) is 18.2 Å². The molecule has 5 nitrogen and oxygen atoms in total. The highest BCUT2D eigenvalue weighted by atomic mass is 35.5. The molecule has 1 aromatic heterocycles. The molecule has 36 heavy (non-hydrogen) atoms. The molecule has 0 spiro atoms. The van der Waals surface area contributed by atoms with Gasteiger partial charge in [-0.3, -0.25) is 0 Å². The van der Waals surface area contributed by atoms with Crippen LogP contribution in [0.3, 0.4) is 0 Å². The number of carboxylic acids is 1. The topological polar surface area (TPSA) is 85.4 Å². The molecule has 0 unspecified atom stereocenters. The van der Waals surface area contributed by atoms with Crippen molar-refractivity contribution in [3.05, 3.63) is 101 Å². The normalized spacial score (nSPS) is 10.2. The van der Waals surface area contributed by atoms with Gasteiger partial charge in [0.1, 0.15) is 5.75 Å². The highest BCUT2D eigenvalue weighted by molar-refractivity contribution is 5.95. The Labute approximate surface area is 224 Å². The minimum absolute atomic E-state index is 0. The third-order valence-electron chi connectivity index (χ3n) is 5.62. The van der Waals surface area contributed by atoms with Crippen molar-refractivity contribution in [1.82, 2.24) is 4.98 Å². The van der Waals surface area contributed by atoms with Crippen LogP contribution in [0, 0.1) is 6.92 Å². The van der Waals surface area contributed by atoms with E-state index < -0.39 is 5.97 Å². The Balaban J connectivity index is 0.00000228.